The average molecular weight is 315 g/mol. The van der Waals surface area contributed by atoms with E-state index in [0.717, 1.165) is 0 Å². The summed E-state index contributed by atoms with van der Waals surface area (Å²) in [7, 11) is 1.43. The number of anilines is 1. The van der Waals surface area contributed by atoms with Gasteiger partial charge in [0.05, 0.1) is 10.6 Å². The molecule has 110 valence electrons. The number of hydrogen-bond donors (Lipinski definition) is 3. The van der Waals surface area contributed by atoms with Crippen LogP contribution in [0.1, 0.15) is 20.8 Å². The number of aromatic nitrogens is 2. The van der Waals surface area contributed by atoms with Crippen LogP contribution >= 0.6 is 11.6 Å². The molecule has 0 saturated heterocycles. The van der Waals surface area contributed by atoms with E-state index in [0.29, 0.717) is 12.1 Å². The molecule has 0 aliphatic rings. The Balaban J connectivity index is 2.20. The van der Waals surface area contributed by atoms with E-state index in [1.807, 2.05) is 0 Å². The Hall–Kier alpha value is -2.48. The van der Waals surface area contributed by atoms with Crippen LogP contribution in [0.4, 0.5) is 14.6 Å². The van der Waals surface area contributed by atoms with Crippen LogP contribution in [0.15, 0.2) is 18.2 Å². The Bertz CT molecular complexity index is 717. The molecule has 6 nitrogen and oxygen atoms in total. The summed E-state index contributed by atoms with van der Waals surface area (Å²) in [5.41, 5.74) is -0.121. The van der Waals surface area contributed by atoms with Gasteiger partial charge in [0.1, 0.15) is 5.69 Å². The topological polar surface area (TPSA) is 86.9 Å². The predicted molar refractivity (Wildman–Crippen MR) is 71.3 cm³/mol. The maximum absolute atomic E-state index is 13.1. The maximum Gasteiger partial charge on any atom is 0.269 e. The lowest BCUT2D eigenvalue weighted by Gasteiger charge is -2.04. The number of hydrogen-bond acceptors (Lipinski definition) is 3. The van der Waals surface area contributed by atoms with Crippen molar-refractivity contribution in [2.75, 3.05) is 12.4 Å². The van der Waals surface area contributed by atoms with Crippen molar-refractivity contribution in [2.24, 2.45) is 0 Å². The van der Waals surface area contributed by atoms with Crippen LogP contribution in [-0.4, -0.2) is 29.1 Å². The van der Waals surface area contributed by atoms with Crippen LogP contribution in [-0.2, 0) is 0 Å². The molecule has 3 N–H and O–H groups in total. The van der Waals surface area contributed by atoms with E-state index in [9.17, 15) is 18.4 Å². The monoisotopic (exact) mass is 314 g/mol. The second-order valence-corrected chi connectivity index (χ2v) is 4.35. The molecule has 2 rings (SSSR count). The minimum atomic E-state index is -1.20. The van der Waals surface area contributed by atoms with Gasteiger partial charge in [-0.25, -0.2) is 8.78 Å². The van der Waals surface area contributed by atoms with Crippen molar-refractivity contribution >= 4 is 29.2 Å². The predicted octanol–water partition coefficient (Wildman–Crippen LogP) is 1.95. The van der Waals surface area contributed by atoms with E-state index in [1.54, 1.807) is 0 Å². The highest BCUT2D eigenvalue weighted by Crippen LogP contribution is 2.21. The van der Waals surface area contributed by atoms with Gasteiger partial charge in [0.15, 0.2) is 17.5 Å². The van der Waals surface area contributed by atoms with Gasteiger partial charge in [0.25, 0.3) is 11.8 Å². The van der Waals surface area contributed by atoms with Gasteiger partial charge in [0.2, 0.25) is 0 Å². The minimum absolute atomic E-state index is 0.0411. The number of H-pyrrole nitrogens is 1. The third kappa shape index (κ3) is 3.16. The molecule has 0 fully saturated rings. The van der Waals surface area contributed by atoms with Gasteiger partial charge in [-0.15, -0.1) is 0 Å². The first-order valence-corrected chi connectivity index (χ1v) is 6.03. The van der Waals surface area contributed by atoms with E-state index < -0.39 is 23.4 Å². The van der Waals surface area contributed by atoms with Gasteiger partial charge in [0, 0.05) is 13.1 Å². The normalized spacial score (nSPS) is 10.3. The molecule has 0 spiro atoms. The zero-order valence-electron chi connectivity index (χ0n) is 10.6. The minimum Gasteiger partial charge on any atom is -0.354 e. The molecular weight excluding hydrogens is 306 g/mol. The summed E-state index contributed by atoms with van der Waals surface area (Å²) in [5.74, 6) is -3.52. The number of benzene rings is 1. The molecule has 9 heteroatoms. The highest BCUT2D eigenvalue weighted by Gasteiger charge is 2.17. The molecule has 0 bridgehead atoms. The third-order valence-corrected chi connectivity index (χ3v) is 2.86. The highest BCUT2D eigenvalue weighted by molar-refractivity contribution is 6.34. The maximum atomic E-state index is 13.1. The van der Waals surface area contributed by atoms with Gasteiger partial charge < -0.3 is 10.6 Å². The molecule has 0 aliphatic carbocycles. The van der Waals surface area contributed by atoms with Crippen molar-refractivity contribution in [3.05, 3.63) is 46.1 Å². The SMILES string of the molecule is CNC(=O)c1cc(NC(=O)c2cc(F)c(F)cc2Cl)n[nH]1. The Morgan fingerprint density at radius 1 is 1.19 bits per heavy atom. The first kappa shape index (κ1) is 14.9. The lowest BCUT2D eigenvalue weighted by molar-refractivity contribution is 0.0957. The van der Waals surface area contributed by atoms with Crippen molar-refractivity contribution in [2.45, 2.75) is 0 Å². The Morgan fingerprint density at radius 3 is 2.52 bits per heavy atom. The van der Waals surface area contributed by atoms with Gasteiger partial charge in [-0.3, -0.25) is 14.7 Å². The summed E-state index contributed by atoms with van der Waals surface area (Å²) >= 11 is 5.68. The molecule has 0 saturated carbocycles. The fourth-order valence-corrected chi connectivity index (χ4v) is 1.75. The van der Waals surface area contributed by atoms with Crippen molar-refractivity contribution in [1.82, 2.24) is 15.5 Å². The number of halogens is 3. The summed E-state index contributed by atoms with van der Waals surface area (Å²) in [6, 6.07) is 2.66. The first-order chi connectivity index (χ1) is 9.92. The van der Waals surface area contributed by atoms with Gasteiger partial charge in [-0.1, -0.05) is 11.6 Å². The molecule has 2 aromatic rings. The Morgan fingerprint density at radius 2 is 1.86 bits per heavy atom. The molecular formula is C12H9ClF2N4O2. The number of aromatic amines is 1. The molecule has 1 aromatic heterocycles. The summed E-state index contributed by atoms with van der Waals surface area (Å²) in [5, 5.41) is 10.5. The van der Waals surface area contributed by atoms with E-state index >= 15 is 0 Å². The van der Waals surface area contributed by atoms with Crippen molar-refractivity contribution < 1.29 is 18.4 Å². The number of amides is 2. The molecule has 21 heavy (non-hydrogen) atoms. The van der Waals surface area contributed by atoms with Gasteiger partial charge in [-0.2, -0.15) is 5.10 Å². The van der Waals surface area contributed by atoms with Gasteiger partial charge in [-0.05, 0) is 12.1 Å². The number of carbonyl (C=O) groups excluding carboxylic acids is 2. The average Bonchev–Trinajstić information content (AvgIpc) is 2.90. The van der Waals surface area contributed by atoms with E-state index in [-0.39, 0.29) is 22.1 Å². The Kier molecular flexibility index (Phi) is 4.18. The quantitative estimate of drug-likeness (QED) is 0.757. The summed E-state index contributed by atoms with van der Waals surface area (Å²) < 4.78 is 26.1. The van der Waals surface area contributed by atoms with Crippen LogP contribution in [0.5, 0.6) is 0 Å². The number of nitrogens with one attached hydrogen (secondary N) is 3. The molecule has 0 aliphatic heterocycles. The molecule has 2 amide bonds. The first-order valence-electron chi connectivity index (χ1n) is 5.65. The van der Waals surface area contributed by atoms with E-state index in [4.69, 9.17) is 11.6 Å². The van der Waals surface area contributed by atoms with Crippen LogP contribution in [0.25, 0.3) is 0 Å². The number of rotatable bonds is 3. The molecule has 1 heterocycles. The van der Waals surface area contributed by atoms with Crippen LogP contribution in [0.2, 0.25) is 5.02 Å². The summed E-state index contributed by atoms with van der Waals surface area (Å²) in [4.78, 5) is 23.2. The Labute approximate surface area is 122 Å². The van der Waals surface area contributed by atoms with Crippen LogP contribution in [0, 0.1) is 11.6 Å². The lowest BCUT2D eigenvalue weighted by Crippen LogP contribution is -2.18. The fourth-order valence-electron chi connectivity index (χ4n) is 1.52. The highest BCUT2D eigenvalue weighted by atomic mass is 35.5. The third-order valence-electron chi connectivity index (χ3n) is 2.55. The smallest absolute Gasteiger partial charge is 0.269 e. The van der Waals surface area contributed by atoms with E-state index in [2.05, 4.69) is 20.8 Å². The van der Waals surface area contributed by atoms with Crippen LogP contribution in [0.3, 0.4) is 0 Å². The second-order valence-electron chi connectivity index (χ2n) is 3.95. The zero-order chi connectivity index (χ0) is 15.6. The molecule has 1 aromatic carbocycles. The summed E-state index contributed by atoms with van der Waals surface area (Å²) in [6.07, 6.45) is 0. The molecule has 0 unspecified atom stereocenters. The van der Waals surface area contributed by atoms with Crippen molar-refractivity contribution in [3.8, 4) is 0 Å². The number of nitrogens with zero attached hydrogens (tertiary/aromatic N) is 1. The van der Waals surface area contributed by atoms with Crippen molar-refractivity contribution in [1.29, 1.82) is 0 Å². The number of carbonyl (C=O) groups is 2. The fraction of sp³-hybridized carbons (Fsp3) is 0.0833. The lowest BCUT2D eigenvalue weighted by atomic mass is 10.2. The standard InChI is InChI=1S/C12H9ClF2N4O2/c1-16-12(21)9-4-10(19-18-9)17-11(20)5-2-7(14)8(15)3-6(5)13/h2-4H,1H3,(H,16,21)(H2,17,18,19,20). The summed E-state index contributed by atoms with van der Waals surface area (Å²) in [6.45, 7) is 0. The molecule has 0 radical (unpaired) electrons. The largest absolute Gasteiger partial charge is 0.354 e. The van der Waals surface area contributed by atoms with E-state index in [1.165, 1.54) is 13.1 Å². The zero-order valence-corrected chi connectivity index (χ0v) is 11.4. The molecule has 0 atom stereocenters. The second kappa shape index (κ2) is 5.88. The van der Waals surface area contributed by atoms with Gasteiger partial charge >= 0.3 is 0 Å². The van der Waals surface area contributed by atoms with Crippen LogP contribution < -0.4 is 10.6 Å². The van der Waals surface area contributed by atoms with Crippen molar-refractivity contribution in [3.63, 3.8) is 0 Å².